The van der Waals surface area contributed by atoms with Gasteiger partial charge in [-0.2, -0.15) is 0 Å². The van der Waals surface area contributed by atoms with Gasteiger partial charge in [-0.05, 0) is 60.6 Å². The molecule has 8 heteroatoms. The van der Waals surface area contributed by atoms with Crippen LogP contribution >= 0.6 is 0 Å². The van der Waals surface area contributed by atoms with E-state index in [1.165, 1.54) is 5.56 Å². The van der Waals surface area contributed by atoms with Crippen LogP contribution in [0.1, 0.15) is 41.7 Å². The fourth-order valence-electron chi connectivity index (χ4n) is 5.46. The summed E-state index contributed by atoms with van der Waals surface area (Å²) in [7, 11) is 0. The van der Waals surface area contributed by atoms with Crippen LogP contribution in [0.5, 0.6) is 0 Å². The molecular formula is C26H28N6O2. The van der Waals surface area contributed by atoms with Gasteiger partial charge in [0.1, 0.15) is 0 Å². The van der Waals surface area contributed by atoms with Crippen molar-refractivity contribution in [2.45, 2.75) is 26.7 Å². The van der Waals surface area contributed by atoms with Gasteiger partial charge in [-0.15, -0.1) is 10.2 Å². The van der Waals surface area contributed by atoms with E-state index in [1.54, 1.807) is 0 Å². The number of fused-ring (bicyclic) bond motifs is 2. The van der Waals surface area contributed by atoms with Crippen LogP contribution in [-0.4, -0.2) is 57.2 Å². The summed E-state index contributed by atoms with van der Waals surface area (Å²) in [5, 5.41) is 12.8. The van der Waals surface area contributed by atoms with E-state index in [9.17, 15) is 4.79 Å². The minimum Gasteiger partial charge on any atom is -0.412 e. The molecule has 2 saturated heterocycles. The normalized spacial score (nSPS) is 19.9. The van der Waals surface area contributed by atoms with Crippen molar-refractivity contribution in [2.75, 3.05) is 26.2 Å². The smallest absolute Gasteiger partial charge is 0.311 e. The Morgan fingerprint density at radius 2 is 1.88 bits per heavy atom. The number of pyridine rings is 1. The summed E-state index contributed by atoms with van der Waals surface area (Å²) in [5.74, 6) is 1.61. The van der Waals surface area contributed by atoms with Crippen molar-refractivity contribution in [1.29, 1.82) is 0 Å². The van der Waals surface area contributed by atoms with E-state index in [2.05, 4.69) is 51.5 Å². The predicted molar refractivity (Wildman–Crippen MR) is 129 cm³/mol. The van der Waals surface area contributed by atoms with Gasteiger partial charge in [0.2, 0.25) is 5.89 Å². The van der Waals surface area contributed by atoms with Crippen molar-refractivity contribution in [3.05, 3.63) is 53.7 Å². The molecule has 1 aromatic carbocycles. The average Bonchev–Trinajstić information content (AvgIpc) is 3.60. The minimum atomic E-state index is -0.172. The van der Waals surface area contributed by atoms with Crippen LogP contribution in [0, 0.1) is 18.8 Å². The molecule has 2 unspecified atom stereocenters. The quantitative estimate of drug-likeness (QED) is 0.481. The maximum atomic E-state index is 13.0. The number of aromatic amines is 1. The van der Waals surface area contributed by atoms with E-state index >= 15 is 0 Å². The number of rotatable bonds is 4. The van der Waals surface area contributed by atoms with Gasteiger partial charge in [0.25, 0.3) is 0 Å². The molecule has 0 spiro atoms. The molecule has 0 bridgehead atoms. The van der Waals surface area contributed by atoms with Gasteiger partial charge < -0.3 is 19.6 Å². The Labute approximate surface area is 197 Å². The molecule has 174 valence electrons. The second-order valence-electron chi connectivity index (χ2n) is 9.82. The third-order valence-electron chi connectivity index (χ3n) is 7.13. The Morgan fingerprint density at radius 3 is 2.62 bits per heavy atom. The summed E-state index contributed by atoms with van der Waals surface area (Å²) in [6.07, 6.45) is 1.84. The molecule has 1 amide bonds. The number of carbonyl (C=O) groups excluding carboxylic acids is 1. The van der Waals surface area contributed by atoms with E-state index in [0.717, 1.165) is 59.6 Å². The van der Waals surface area contributed by atoms with Crippen LogP contribution in [0.4, 0.5) is 0 Å². The fourth-order valence-corrected chi connectivity index (χ4v) is 5.46. The molecule has 3 aromatic heterocycles. The first kappa shape index (κ1) is 21.0. The third-order valence-corrected chi connectivity index (χ3v) is 7.13. The Balaban J connectivity index is 1.33. The molecule has 5 heterocycles. The van der Waals surface area contributed by atoms with Crippen molar-refractivity contribution in [2.24, 2.45) is 11.8 Å². The highest BCUT2D eigenvalue weighted by Gasteiger charge is 2.39. The summed E-state index contributed by atoms with van der Waals surface area (Å²) in [6, 6.07) is 10.2. The summed E-state index contributed by atoms with van der Waals surface area (Å²) >= 11 is 0. The van der Waals surface area contributed by atoms with Crippen molar-refractivity contribution in [3.8, 4) is 22.7 Å². The molecule has 2 aliphatic heterocycles. The topological polar surface area (TPSA) is 99.9 Å². The number of carbonyl (C=O) groups is 1. The standard InChI is InChI=1S/C26H28N6O2/c1-14(2)22-20-9-17(4-5-21(20)29-23(22)16-6-7-28-15(3)8-16)24-30-31-25(34-24)26(33)32-12-18-10-27-11-19(18)13-32/h4-9,14,18-19,27,29H,10-13H2,1-3H3. The fraction of sp³-hybridized carbons (Fsp3) is 0.385. The molecule has 2 aliphatic rings. The van der Waals surface area contributed by atoms with E-state index in [-0.39, 0.29) is 11.8 Å². The predicted octanol–water partition coefficient (Wildman–Crippen LogP) is 4.00. The van der Waals surface area contributed by atoms with E-state index in [4.69, 9.17) is 4.42 Å². The van der Waals surface area contributed by atoms with Crippen LogP contribution in [0.15, 0.2) is 40.9 Å². The van der Waals surface area contributed by atoms with Gasteiger partial charge >= 0.3 is 11.8 Å². The van der Waals surface area contributed by atoms with Crippen LogP contribution in [0.3, 0.4) is 0 Å². The molecule has 2 atom stereocenters. The van der Waals surface area contributed by atoms with Crippen LogP contribution in [0.25, 0.3) is 33.6 Å². The second kappa shape index (κ2) is 8.06. The van der Waals surface area contributed by atoms with Gasteiger partial charge in [0, 0.05) is 60.1 Å². The van der Waals surface area contributed by atoms with Gasteiger partial charge in [0.05, 0.1) is 5.69 Å². The Morgan fingerprint density at radius 1 is 1.09 bits per heavy atom. The summed E-state index contributed by atoms with van der Waals surface area (Å²) in [6.45, 7) is 9.82. The Hall–Kier alpha value is -3.52. The van der Waals surface area contributed by atoms with Crippen molar-refractivity contribution < 1.29 is 9.21 Å². The van der Waals surface area contributed by atoms with Crippen molar-refractivity contribution in [1.82, 2.24) is 30.4 Å². The monoisotopic (exact) mass is 456 g/mol. The van der Waals surface area contributed by atoms with Crippen molar-refractivity contribution >= 4 is 16.8 Å². The lowest BCUT2D eigenvalue weighted by molar-refractivity contribution is 0.0742. The first-order chi connectivity index (χ1) is 16.5. The molecule has 34 heavy (non-hydrogen) atoms. The van der Waals surface area contributed by atoms with Gasteiger partial charge in [-0.3, -0.25) is 9.78 Å². The molecule has 0 radical (unpaired) electrons. The van der Waals surface area contributed by atoms with E-state index in [1.807, 2.05) is 36.2 Å². The lowest BCUT2D eigenvalue weighted by atomic mass is 9.95. The van der Waals surface area contributed by atoms with Crippen molar-refractivity contribution in [3.63, 3.8) is 0 Å². The molecule has 6 rings (SSSR count). The number of aryl methyl sites for hydroxylation is 1. The number of benzene rings is 1. The zero-order chi connectivity index (χ0) is 23.4. The number of nitrogens with zero attached hydrogens (tertiary/aromatic N) is 4. The molecule has 0 aliphatic carbocycles. The largest absolute Gasteiger partial charge is 0.412 e. The number of hydrogen-bond acceptors (Lipinski definition) is 6. The SMILES string of the molecule is Cc1cc(-c2[nH]c3ccc(-c4nnc(C(=O)N5CC6CNCC6C5)o4)cc3c2C(C)C)ccn1. The van der Waals surface area contributed by atoms with Gasteiger partial charge in [-0.1, -0.05) is 13.8 Å². The Bertz CT molecular complexity index is 1380. The Kier molecular flexibility index (Phi) is 4.99. The maximum Gasteiger partial charge on any atom is 0.311 e. The molecule has 0 saturated carbocycles. The number of amides is 1. The number of H-pyrrole nitrogens is 1. The lowest BCUT2D eigenvalue weighted by Gasteiger charge is -2.14. The van der Waals surface area contributed by atoms with Gasteiger partial charge in [0.15, 0.2) is 0 Å². The maximum absolute atomic E-state index is 13.0. The first-order valence-corrected chi connectivity index (χ1v) is 11.9. The first-order valence-electron chi connectivity index (χ1n) is 11.9. The number of aromatic nitrogens is 4. The minimum absolute atomic E-state index is 0.0640. The highest BCUT2D eigenvalue weighted by atomic mass is 16.4. The number of hydrogen-bond donors (Lipinski definition) is 2. The van der Waals surface area contributed by atoms with Crippen LogP contribution < -0.4 is 5.32 Å². The molecule has 2 N–H and O–H groups in total. The van der Waals surface area contributed by atoms with Crippen LogP contribution in [0.2, 0.25) is 0 Å². The summed E-state index contributed by atoms with van der Waals surface area (Å²) in [4.78, 5) is 22.7. The molecule has 2 fully saturated rings. The number of likely N-dealkylation sites (tertiary alicyclic amines) is 1. The number of nitrogens with one attached hydrogen (secondary N) is 2. The molecule has 8 nitrogen and oxygen atoms in total. The van der Waals surface area contributed by atoms with E-state index < -0.39 is 0 Å². The van der Waals surface area contributed by atoms with E-state index in [0.29, 0.717) is 23.6 Å². The van der Waals surface area contributed by atoms with Crippen LogP contribution in [-0.2, 0) is 0 Å². The highest BCUT2D eigenvalue weighted by molar-refractivity contribution is 5.94. The van der Waals surface area contributed by atoms with Gasteiger partial charge in [-0.25, -0.2) is 0 Å². The lowest BCUT2D eigenvalue weighted by Crippen LogP contribution is -2.32. The third kappa shape index (κ3) is 3.49. The zero-order valence-corrected chi connectivity index (χ0v) is 19.6. The second-order valence-corrected chi connectivity index (χ2v) is 9.82. The molecular weight excluding hydrogens is 428 g/mol. The highest BCUT2D eigenvalue weighted by Crippen LogP contribution is 2.37. The molecule has 4 aromatic rings. The zero-order valence-electron chi connectivity index (χ0n) is 19.6. The average molecular weight is 457 g/mol. The summed E-state index contributed by atoms with van der Waals surface area (Å²) in [5.41, 5.74) is 6.28. The summed E-state index contributed by atoms with van der Waals surface area (Å²) < 4.78 is 5.87.